The minimum Gasteiger partial charge on any atom is -0.358 e. The SMILES string of the molecule is O=C1CCC(Nc2cc(CCl)ncn2)C(=O)N1. The van der Waals surface area contributed by atoms with Crippen LogP contribution in [0, 0.1) is 0 Å². The lowest BCUT2D eigenvalue weighted by molar-refractivity contribution is -0.133. The molecule has 7 heteroatoms. The van der Waals surface area contributed by atoms with Crippen molar-refractivity contribution >= 4 is 29.2 Å². The summed E-state index contributed by atoms with van der Waals surface area (Å²) in [5.74, 6) is 0.252. The average molecular weight is 255 g/mol. The van der Waals surface area contributed by atoms with Gasteiger partial charge < -0.3 is 5.32 Å². The van der Waals surface area contributed by atoms with E-state index >= 15 is 0 Å². The summed E-state index contributed by atoms with van der Waals surface area (Å²) in [7, 11) is 0. The summed E-state index contributed by atoms with van der Waals surface area (Å²) >= 11 is 5.65. The highest BCUT2D eigenvalue weighted by atomic mass is 35.5. The van der Waals surface area contributed by atoms with Crippen molar-refractivity contribution in [1.82, 2.24) is 15.3 Å². The van der Waals surface area contributed by atoms with Gasteiger partial charge in [0.2, 0.25) is 11.8 Å². The van der Waals surface area contributed by atoms with E-state index in [2.05, 4.69) is 20.6 Å². The molecule has 0 aliphatic carbocycles. The van der Waals surface area contributed by atoms with Gasteiger partial charge in [0.25, 0.3) is 0 Å². The van der Waals surface area contributed by atoms with E-state index in [9.17, 15) is 9.59 Å². The summed E-state index contributed by atoms with van der Waals surface area (Å²) in [6, 6.07) is 1.24. The number of carbonyl (C=O) groups is 2. The molecule has 2 heterocycles. The molecular formula is C10H11ClN4O2. The molecule has 6 nitrogen and oxygen atoms in total. The number of anilines is 1. The molecule has 0 radical (unpaired) electrons. The first kappa shape index (κ1) is 11.8. The average Bonchev–Trinajstić information content (AvgIpc) is 2.33. The summed E-state index contributed by atoms with van der Waals surface area (Å²) in [5, 5.41) is 5.22. The van der Waals surface area contributed by atoms with Gasteiger partial charge in [0.15, 0.2) is 0 Å². The standard InChI is InChI=1S/C10H11ClN4O2/c11-4-6-3-8(13-5-12-6)14-7-1-2-9(16)15-10(7)17/h3,5,7H,1-2,4H2,(H,12,13,14)(H,15,16,17). The normalized spacial score (nSPS) is 19.9. The van der Waals surface area contributed by atoms with Crippen LogP contribution in [-0.4, -0.2) is 27.8 Å². The van der Waals surface area contributed by atoms with E-state index in [1.807, 2.05) is 0 Å². The van der Waals surface area contributed by atoms with E-state index in [0.717, 1.165) is 0 Å². The van der Waals surface area contributed by atoms with Crippen LogP contribution in [0.4, 0.5) is 5.82 Å². The first-order valence-corrected chi connectivity index (χ1v) is 5.69. The Morgan fingerprint density at radius 3 is 3.00 bits per heavy atom. The molecule has 0 saturated carbocycles. The molecule has 1 aliphatic heterocycles. The maximum absolute atomic E-state index is 11.5. The molecule has 90 valence electrons. The number of hydrogen-bond donors (Lipinski definition) is 2. The first-order chi connectivity index (χ1) is 8.19. The number of hydrogen-bond acceptors (Lipinski definition) is 5. The van der Waals surface area contributed by atoms with Crippen molar-refractivity contribution < 1.29 is 9.59 Å². The Labute approximate surface area is 103 Å². The molecule has 1 atom stereocenters. The van der Waals surface area contributed by atoms with Gasteiger partial charge in [-0.2, -0.15) is 0 Å². The lowest BCUT2D eigenvalue weighted by Gasteiger charge is -2.22. The van der Waals surface area contributed by atoms with Gasteiger partial charge in [-0.1, -0.05) is 0 Å². The number of amides is 2. The zero-order valence-electron chi connectivity index (χ0n) is 8.94. The topological polar surface area (TPSA) is 84.0 Å². The fourth-order valence-electron chi connectivity index (χ4n) is 1.56. The van der Waals surface area contributed by atoms with Crippen LogP contribution in [0.3, 0.4) is 0 Å². The van der Waals surface area contributed by atoms with Crippen LogP contribution >= 0.6 is 11.6 Å². The van der Waals surface area contributed by atoms with E-state index in [4.69, 9.17) is 11.6 Å². The second-order valence-corrected chi connectivity index (χ2v) is 3.94. The minimum atomic E-state index is -0.439. The Morgan fingerprint density at radius 1 is 1.47 bits per heavy atom. The predicted octanol–water partition coefficient (Wildman–Crippen LogP) is 0.432. The van der Waals surface area contributed by atoms with Crippen molar-refractivity contribution in [1.29, 1.82) is 0 Å². The van der Waals surface area contributed by atoms with Gasteiger partial charge in [0.1, 0.15) is 18.2 Å². The molecule has 2 amide bonds. The second-order valence-electron chi connectivity index (χ2n) is 3.68. The van der Waals surface area contributed by atoms with Crippen molar-refractivity contribution in [2.45, 2.75) is 24.8 Å². The van der Waals surface area contributed by atoms with Gasteiger partial charge in [0.05, 0.1) is 11.6 Å². The largest absolute Gasteiger partial charge is 0.358 e. The third-order valence-electron chi connectivity index (χ3n) is 2.42. The fourth-order valence-corrected chi connectivity index (χ4v) is 1.71. The van der Waals surface area contributed by atoms with Crippen molar-refractivity contribution in [2.75, 3.05) is 5.32 Å². The predicted molar refractivity (Wildman–Crippen MR) is 61.4 cm³/mol. The molecule has 1 aromatic rings. The Bertz CT molecular complexity index is 452. The number of carbonyl (C=O) groups excluding carboxylic acids is 2. The van der Waals surface area contributed by atoms with Gasteiger partial charge in [-0.05, 0) is 6.42 Å². The number of aromatic nitrogens is 2. The van der Waals surface area contributed by atoms with Crippen molar-refractivity contribution in [3.05, 3.63) is 18.1 Å². The lowest BCUT2D eigenvalue weighted by Crippen LogP contribution is -2.47. The summed E-state index contributed by atoms with van der Waals surface area (Å²) in [4.78, 5) is 30.4. The Kier molecular flexibility index (Phi) is 3.53. The summed E-state index contributed by atoms with van der Waals surface area (Å²) in [5.41, 5.74) is 0.677. The molecule has 2 N–H and O–H groups in total. The molecule has 1 aliphatic rings. The van der Waals surface area contributed by atoms with E-state index in [0.29, 0.717) is 24.4 Å². The summed E-state index contributed by atoms with van der Waals surface area (Å²) in [6.45, 7) is 0. The van der Waals surface area contributed by atoms with E-state index in [-0.39, 0.29) is 17.7 Å². The summed E-state index contributed by atoms with van der Waals surface area (Å²) in [6.07, 6.45) is 2.17. The van der Waals surface area contributed by atoms with Gasteiger partial charge >= 0.3 is 0 Å². The van der Waals surface area contributed by atoms with E-state index in [1.165, 1.54) is 6.33 Å². The molecule has 0 spiro atoms. The summed E-state index contributed by atoms with van der Waals surface area (Å²) < 4.78 is 0. The van der Waals surface area contributed by atoms with Crippen LogP contribution in [-0.2, 0) is 15.5 Å². The zero-order chi connectivity index (χ0) is 12.3. The molecule has 17 heavy (non-hydrogen) atoms. The molecule has 1 unspecified atom stereocenters. The molecule has 2 rings (SSSR count). The number of piperidine rings is 1. The van der Waals surface area contributed by atoms with Crippen LogP contribution in [0.1, 0.15) is 18.5 Å². The van der Waals surface area contributed by atoms with Crippen molar-refractivity contribution in [3.63, 3.8) is 0 Å². The number of imide groups is 1. The highest BCUT2D eigenvalue weighted by molar-refractivity contribution is 6.16. The molecule has 0 bridgehead atoms. The molecule has 0 aromatic carbocycles. The highest BCUT2D eigenvalue weighted by Gasteiger charge is 2.26. The smallest absolute Gasteiger partial charge is 0.249 e. The number of nitrogens with zero attached hydrogens (tertiary/aromatic N) is 2. The number of halogens is 1. The third-order valence-corrected chi connectivity index (χ3v) is 2.70. The van der Waals surface area contributed by atoms with Crippen molar-refractivity contribution in [2.24, 2.45) is 0 Å². The highest BCUT2D eigenvalue weighted by Crippen LogP contribution is 2.12. The fraction of sp³-hybridized carbons (Fsp3) is 0.400. The van der Waals surface area contributed by atoms with Gasteiger partial charge in [0, 0.05) is 12.5 Å². The van der Waals surface area contributed by atoms with Crippen LogP contribution in [0.5, 0.6) is 0 Å². The molecule has 1 aromatic heterocycles. The maximum Gasteiger partial charge on any atom is 0.249 e. The maximum atomic E-state index is 11.5. The molecule has 1 fully saturated rings. The Morgan fingerprint density at radius 2 is 2.29 bits per heavy atom. The van der Waals surface area contributed by atoms with Crippen LogP contribution < -0.4 is 10.6 Å². The number of alkyl halides is 1. The minimum absolute atomic E-state index is 0.239. The van der Waals surface area contributed by atoms with E-state index < -0.39 is 6.04 Å². The van der Waals surface area contributed by atoms with E-state index in [1.54, 1.807) is 6.07 Å². The monoisotopic (exact) mass is 254 g/mol. The quantitative estimate of drug-likeness (QED) is 0.604. The van der Waals surface area contributed by atoms with Gasteiger partial charge in [-0.3, -0.25) is 14.9 Å². The van der Waals surface area contributed by atoms with Crippen molar-refractivity contribution in [3.8, 4) is 0 Å². The molecule has 1 saturated heterocycles. The first-order valence-electron chi connectivity index (χ1n) is 5.16. The van der Waals surface area contributed by atoms with Gasteiger partial charge in [-0.15, -0.1) is 11.6 Å². The third kappa shape index (κ3) is 2.91. The van der Waals surface area contributed by atoms with Gasteiger partial charge in [-0.25, -0.2) is 9.97 Å². The Hall–Kier alpha value is -1.69. The van der Waals surface area contributed by atoms with Crippen LogP contribution in [0.15, 0.2) is 12.4 Å². The lowest BCUT2D eigenvalue weighted by atomic mass is 10.1. The second kappa shape index (κ2) is 5.09. The Balaban J connectivity index is 2.05. The number of nitrogens with one attached hydrogen (secondary N) is 2. The molecular weight excluding hydrogens is 244 g/mol. The zero-order valence-corrected chi connectivity index (χ0v) is 9.70. The van der Waals surface area contributed by atoms with Crippen LogP contribution in [0.25, 0.3) is 0 Å². The number of rotatable bonds is 3. The van der Waals surface area contributed by atoms with Crippen LogP contribution in [0.2, 0.25) is 0 Å².